The van der Waals surface area contributed by atoms with Crippen LogP contribution in [0.5, 0.6) is 0 Å². The lowest BCUT2D eigenvalue weighted by molar-refractivity contribution is -0.127. The Balaban J connectivity index is 0.000000271. The van der Waals surface area contributed by atoms with Crippen LogP contribution >= 0.6 is 0 Å². The normalized spacial score (nSPS) is 15.1. The Bertz CT molecular complexity index is 334. The van der Waals surface area contributed by atoms with Crippen molar-refractivity contribution in [3.63, 3.8) is 0 Å². The summed E-state index contributed by atoms with van der Waals surface area (Å²) >= 11 is 0. The molecule has 1 heterocycles. The number of amides is 2. The van der Waals surface area contributed by atoms with Gasteiger partial charge in [-0.3, -0.25) is 9.59 Å². The van der Waals surface area contributed by atoms with Gasteiger partial charge in [0.1, 0.15) is 0 Å². The Hall–Kier alpha value is -2.14. The monoisotopic (exact) mass is 278 g/mol. The molecular weight excluding hydrogens is 256 g/mol. The standard InChI is InChI=1S/C6H6.C5H7NO.C4H9NO2/c1-2-4-6-5-3-1;1-2-4-3-5(7)6-4;1-7-3-2-5-4-6/h1-6H;2,4H,1,3H2,(H,6,7);4H,2-3H2,1H3,(H,5,6). The van der Waals surface area contributed by atoms with Crippen LogP contribution in [0.1, 0.15) is 6.42 Å². The largest absolute Gasteiger partial charge is 0.383 e. The van der Waals surface area contributed by atoms with Gasteiger partial charge in [0.15, 0.2) is 0 Å². The summed E-state index contributed by atoms with van der Waals surface area (Å²) in [6.07, 6.45) is 3.02. The summed E-state index contributed by atoms with van der Waals surface area (Å²) in [5.41, 5.74) is 0. The first-order chi connectivity index (χ1) is 9.74. The molecule has 0 saturated carbocycles. The van der Waals surface area contributed by atoms with E-state index in [0.717, 1.165) is 0 Å². The number of β-lactam (4-membered cyclic amide) rings is 1. The number of methoxy groups -OCH3 is 1. The number of nitrogens with one attached hydrogen (secondary N) is 2. The van der Waals surface area contributed by atoms with E-state index in [2.05, 4.69) is 21.9 Å². The highest BCUT2D eigenvalue weighted by Crippen LogP contribution is 2.02. The maximum absolute atomic E-state index is 10.1. The second-order valence-electron chi connectivity index (χ2n) is 3.83. The molecule has 2 N–H and O–H groups in total. The van der Waals surface area contributed by atoms with Crippen molar-refractivity contribution in [2.45, 2.75) is 12.5 Å². The number of hydrogen-bond donors (Lipinski definition) is 2. The quantitative estimate of drug-likeness (QED) is 0.367. The summed E-state index contributed by atoms with van der Waals surface area (Å²) in [6, 6.07) is 12.3. The molecule has 1 aliphatic heterocycles. The molecule has 1 aliphatic rings. The molecule has 1 saturated heterocycles. The molecule has 1 aromatic carbocycles. The van der Waals surface area contributed by atoms with Crippen LogP contribution in [0.15, 0.2) is 49.1 Å². The van der Waals surface area contributed by atoms with Crippen molar-refractivity contribution in [2.75, 3.05) is 20.3 Å². The summed E-state index contributed by atoms with van der Waals surface area (Å²) < 4.78 is 4.62. The van der Waals surface area contributed by atoms with E-state index in [-0.39, 0.29) is 11.9 Å². The van der Waals surface area contributed by atoms with Gasteiger partial charge >= 0.3 is 0 Å². The molecule has 2 rings (SSSR count). The number of ether oxygens (including phenoxy) is 1. The third-order valence-corrected chi connectivity index (χ3v) is 2.24. The van der Waals surface area contributed by atoms with E-state index in [1.165, 1.54) is 0 Å². The molecule has 2 amide bonds. The lowest BCUT2D eigenvalue weighted by Crippen LogP contribution is -2.46. The van der Waals surface area contributed by atoms with E-state index in [0.29, 0.717) is 26.0 Å². The molecule has 0 aromatic heterocycles. The highest BCUT2D eigenvalue weighted by atomic mass is 16.5. The van der Waals surface area contributed by atoms with Gasteiger partial charge in [-0.2, -0.15) is 0 Å². The van der Waals surface area contributed by atoms with Gasteiger partial charge in [0, 0.05) is 13.7 Å². The summed E-state index contributed by atoms with van der Waals surface area (Å²) in [5, 5.41) is 5.08. The topological polar surface area (TPSA) is 67.4 Å². The van der Waals surface area contributed by atoms with Crippen LogP contribution < -0.4 is 10.6 Å². The van der Waals surface area contributed by atoms with Gasteiger partial charge in [-0.15, -0.1) is 6.58 Å². The molecule has 1 fully saturated rings. The fourth-order valence-electron chi connectivity index (χ4n) is 1.13. The van der Waals surface area contributed by atoms with Crippen LogP contribution in [0.25, 0.3) is 0 Å². The molecule has 0 bridgehead atoms. The zero-order valence-electron chi connectivity index (χ0n) is 11.7. The molecule has 1 aromatic rings. The van der Waals surface area contributed by atoms with E-state index >= 15 is 0 Å². The SMILES string of the molecule is C=CC1CC(=O)N1.COCCNC=O.c1ccccc1. The van der Waals surface area contributed by atoms with E-state index < -0.39 is 0 Å². The van der Waals surface area contributed by atoms with Gasteiger partial charge in [0.25, 0.3) is 0 Å². The van der Waals surface area contributed by atoms with Gasteiger partial charge in [0.05, 0.1) is 19.1 Å². The van der Waals surface area contributed by atoms with Crippen LogP contribution in [-0.2, 0) is 14.3 Å². The van der Waals surface area contributed by atoms with Crippen molar-refractivity contribution < 1.29 is 14.3 Å². The minimum atomic E-state index is 0.130. The van der Waals surface area contributed by atoms with Gasteiger partial charge in [-0.05, 0) is 0 Å². The number of benzene rings is 1. The van der Waals surface area contributed by atoms with Crippen LogP contribution in [0.3, 0.4) is 0 Å². The molecular formula is C15H22N2O3. The fourth-order valence-corrected chi connectivity index (χ4v) is 1.13. The van der Waals surface area contributed by atoms with Crippen LogP contribution in [0, 0.1) is 0 Å². The highest BCUT2D eigenvalue weighted by Gasteiger charge is 2.20. The van der Waals surface area contributed by atoms with Crippen molar-refractivity contribution in [2.24, 2.45) is 0 Å². The average Bonchev–Trinajstić information content (AvgIpc) is 2.48. The predicted octanol–water partition coefficient (Wildman–Crippen LogP) is 1.13. The summed E-state index contributed by atoms with van der Waals surface area (Å²) in [6.45, 7) is 4.68. The fraction of sp³-hybridized carbons (Fsp3) is 0.333. The minimum absolute atomic E-state index is 0.130. The average molecular weight is 278 g/mol. The Morgan fingerprint density at radius 2 is 1.85 bits per heavy atom. The highest BCUT2D eigenvalue weighted by molar-refractivity contribution is 5.83. The maximum Gasteiger partial charge on any atom is 0.222 e. The Labute approximate surface area is 120 Å². The second kappa shape index (κ2) is 13.3. The predicted molar refractivity (Wildman–Crippen MR) is 79.1 cm³/mol. The Morgan fingerprint density at radius 1 is 1.35 bits per heavy atom. The van der Waals surface area contributed by atoms with Gasteiger partial charge in [0.2, 0.25) is 12.3 Å². The first kappa shape index (κ1) is 17.9. The molecule has 0 aliphatic carbocycles. The molecule has 1 unspecified atom stereocenters. The first-order valence-corrected chi connectivity index (χ1v) is 6.32. The summed E-state index contributed by atoms with van der Waals surface area (Å²) in [4.78, 5) is 19.6. The maximum atomic E-state index is 10.1. The Kier molecular flexibility index (Phi) is 11.9. The van der Waals surface area contributed by atoms with Crippen LogP contribution in [0.2, 0.25) is 0 Å². The van der Waals surface area contributed by atoms with Gasteiger partial charge in [-0.1, -0.05) is 42.5 Å². The minimum Gasteiger partial charge on any atom is -0.383 e. The lowest BCUT2D eigenvalue weighted by atomic mass is 10.1. The first-order valence-electron chi connectivity index (χ1n) is 6.32. The smallest absolute Gasteiger partial charge is 0.222 e. The Morgan fingerprint density at radius 3 is 2.10 bits per heavy atom. The van der Waals surface area contributed by atoms with Gasteiger partial charge in [-0.25, -0.2) is 0 Å². The zero-order valence-corrected chi connectivity index (χ0v) is 11.7. The van der Waals surface area contributed by atoms with Crippen molar-refractivity contribution in [1.82, 2.24) is 10.6 Å². The lowest BCUT2D eigenvalue weighted by Gasteiger charge is -2.22. The summed E-state index contributed by atoms with van der Waals surface area (Å²) in [5.74, 6) is 0.130. The van der Waals surface area contributed by atoms with Crippen molar-refractivity contribution in [3.8, 4) is 0 Å². The molecule has 0 spiro atoms. The number of carbonyl (C=O) groups excluding carboxylic acids is 2. The van der Waals surface area contributed by atoms with Crippen LogP contribution in [-0.4, -0.2) is 38.6 Å². The van der Waals surface area contributed by atoms with Gasteiger partial charge < -0.3 is 15.4 Å². The van der Waals surface area contributed by atoms with E-state index in [4.69, 9.17) is 0 Å². The second-order valence-corrected chi connectivity index (χ2v) is 3.83. The van der Waals surface area contributed by atoms with E-state index in [1.807, 2.05) is 36.4 Å². The van der Waals surface area contributed by atoms with E-state index in [1.54, 1.807) is 13.2 Å². The molecule has 5 nitrogen and oxygen atoms in total. The zero-order chi connectivity index (χ0) is 15.1. The third-order valence-electron chi connectivity index (χ3n) is 2.24. The summed E-state index contributed by atoms with van der Waals surface area (Å²) in [7, 11) is 1.59. The van der Waals surface area contributed by atoms with Crippen molar-refractivity contribution in [1.29, 1.82) is 0 Å². The molecule has 110 valence electrons. The van der Waals surface area contributed by atoms with E-state index in [9.17, 15) is 9.59 Å². The molecule has 20 heavy (non-hydrogen) atoms. The molecule has 5 heteroatoms. The molecule has 0 radical (unpaired) electrons. The number of hydrogen-bond acceptors (Lipinski definition) is 3. The van der Waals surface area contributed by atoms with Crippen molar-refractivity contribution >= 4 is 12.3 Å². The number of rotatable bonds is 5. The van der Waals surface area contributed by atoms with Crippen molar-refractivity contribution in [3.05, 3.63) is 49.1 Å². The number of carbonyl (C=O) groups is 2. The van der Waals surface area contributed by atoms with Crippen LogP contribution in [0.4, 0.5) is 0 Å². The molecule has 1 atom stereocenters. The third kappa shape index (κ3) is 11.0.